The number of rotatable bonds is 5. The molecule has 1 aliphatic carbocycles. The van der Waals surface area contributed by atoms with Crippen LogP contribution in [0.1, 0.15) is 39.0 Å². The van der Waals surface area contributed by atoms with Gasteiger partial charge in [0.05, 0.1) is 6.61 Å². The zero-order valence-corrected chi connectivity index (χ0v) is 12.5. The average Bonchev–Trinajstić information content (AvgIpc) is 2.50. The third kappa shape index (κ3) is 4.31. The highest BCUT2D eigenvalue weighted by atomic mass is 16.5. The Morgan fingerprint density at radius 1 is 1.19 bits per heavy atom. The van der Waals surface area contributed by atoms with Crippen LogP contribution in [0.2, 0.25) is 0 Å². The van der Waals surface area contributed by atoms with Crippen molar-refractivity contribution in [2.45, 2.75) is 39.0 Å². The lowest BCUT2D eigenvalue weighted by Crippen LogP contribution is -2.37. The number of carbonyl (C=O) groups is 2. The molecular weight excluding hydrogens is 266 g/mol. The second-order valence-corrected chi connectivity index (χ2v) is 5.48. The standard InChI is InChI=1S/C17H23NO3/c1-2-21-17(20)15(13-9-5-3-6-10-13)16(19)18-14-11-7-4-8-12-14/h4,7-8,11-13,15H,2-3,5-6,9-10H2,1H3,(H,18,19)/t15-/m0/s1. The lowest BCUT2D eigenvalue weighted by Gasteiger charge is -2.27. The molecule has 21 heavy (non-hydrogen) atoms. The van der Waals surface area contributed by atoms with Crippen molar-refractivity contribution in [2.24, 2.45) is 11.8 Å². The number of ether oxygens (including phenoxy) is 1. The van der Waals surface area contributed by atoms with Crippen LogP contribution >= 0.6 is 0 Å². The van der Waals surface area contributed by atoms with Crippen LogP contribution in [0.4, 0.5) is 5.69 Å². The molecule has 1 aromatic rings. The van der Waals surface area contributed by atoms with Gasteiger partial charge in [0.15, 0.2) is 0 Å². The van der Waals surface area contributed by atoms with E-state index >= 15 is 0 Å². The number of hydrogen-bond donors (Lipinski definition) is 1. The molecule has 4 nitrogen and oxygen atoms in total. The Hall–Kier alpha value is -1.84. The van der Waals surface area contributed by atoms with Crippen molar-refractivity contribution in [3.63, 3.8) is 0 Å². The van der Waals surface area contributed by atoms with E-state index in [1.165, 1.54) is 6.42 Å². The second-order valence-electron chi connectivity index (χ2n) is 5.48. The fourth-order valence-corrected chi connectivity index (χ4v) is 2.95. The summed E-state index contributed by atoms with van der Waals surface area (Å²) in [5.41, 5.74) is 0.715. The van der Waals surface area contributed by atoms with Crippen LogP contribution in [0.5, 0.6) is 0 Å². The molecule has 0 radical (unpaired) electrons. The minimum atomic E-state index is -0.689. The van der Waals surface area contributed by atoms with Gasteiger partial charge in [0.25, 0.3) is 0 Å². The van der Waals surface area contributed by atoms with Crippen LogP contribution in [-0.4, -0.2) is 18.5 Å². The molecule has 2 rings (SSSR count). The van der Waals surface area contributed by atoms with Crippen molar-refractivity contribution in [3.8, 4) is 0 Å². The van der Waals surface area contributed by atoms with E-state index in [9.17, 15) is 9.59 Å². The first kappa shape index (κ1) is 15.5. The van der Waals surface area contributed by atoms with E-state index in [1.807, 2.05) is 30.3 Å². The van der Waals surface area contributed by atoms with Gasteiger partial charge in [0, 0.05) is 5.69 Å². The summed E-state index contributed by atoms with van der Waals surface area (Å²) in [5.74, 6) is -1.23. The normalized spacial score (nSPS) is 17.0. The van der Waals surface area contributed by atoms with E-state index in [1.54, 1.807) is 6.92 Å². The van der Waals surface area contributed by atoms with Crippen molar-refractivity contribution in [1.29, 1.82) is 0 Å². The Labute approximate surface area is 125 Å². The van der Waals surface area contributed by atoms with Crippen LogP contribution in [0.25, 0.3) is 0 Å². The summed E-state index contributed by atoms with van der Waals surface area (Å²) in [7, 11) is 0. The van der Waals surface area contributed by atoms with Gasteiger partial charge in [-0.05, 0) is 37.8 Å². The van der Waals surface area contributed by atoms with Crippen LogP contribution in [-0.2, 0) is 14.3 Å². The van der Waals surface area contributed by atoms with E-state index in [-0.39, 0.29) is 11.8 Å². The van der Waals surface area contributed by atoms with E-state index < -0.39 is 11.9 Å². The van der Waals surface area contributed by atoms with Crippen molar-refractivity contribution in [1.82, 2.24) is 0 Å². The van der Waals surface area contributed by atoms with Crippen molar-refractivity contribution in [3.05, 3.63) is 30.3 Å². The quantitative estimate of drug-likeness (QED) is 0.668. The van der Waals surface area contributed by atoms with Crippen LogP contribution in [0.3, 0.4) is 0 Å². The zero-order chi connectivity index (χ0) is 15.1. The first-order valence-electron chi connectivity index (χ1n) is 7.75. The molecule has 1 N–H and O–H groups in total. The topological polar surface area (TPSA) is 55.4 Å². The summed E-state index contributed by atoms with van der Waals surface area (Å²) in [6.07, 6.45) is 5.20. The largest absolute Gasteiger partial charge is 0.465 e. The van der Waals surface area contributed by atoms with E-state index in [0.29, 0.717) is 12.3 Å². The maximum absolute atomic E-state index is 12.5. The molecule has 1 fully saturated rings. The summed E-state index contributed by atoms with van der Waals surface area (Å²) in [6, 6.07) is 9.24. The van der Waals surface area contributed by atoms with Gasteiger partial charge in [-0.3, -0.25) is 9.59 Å². The number of anilines is 1. The molecule has 0 saturated heterocycles. The molecule has 114 valence electrons. The maximum Gasteiger partial charge on any atom is 0.318 e. The fraction of sp³-hybridized carbons (Fsp3) is 0.529. The van der Waals surface area contributed by atoms with Gasteiger partial charge in [-0.15, -0.1) is 0 Å². The van der Waals surface area contributed by atoms with Gasteiger partial charge in [-0.25, -0.2) is 0 Å². The predicted molar refractivity (Wildman–Crippen MR) is 81.8 cm³/mol. The molecule has 0 spiro atoms. The lowest BCUT2D eigenvalue weighted by atomic mass is 9.79. The van der Waals surface area contributed by atoms with Crippen LogP contribution < -0.4 is 5.32 Å². The Morgan fingerprint density at radius 3 is 2.48 bits per heavy atom. The highest BCUT2D eigenvalue weighted by Crippen LogP contribution is 2.31. The zero-order valence-electron chi connectivity index (χ0n) is 12.5. The van der Waals surface area contributed by atoms with Crippen LogP contribution in [0.15, 0.2) is 30.3 Å². The number of esters is 1. The van der Waals surface area contributed by atoms with Gasteiger partial charge in [-0.1, -0.05) is 37.5 Å². The minimum Gasteiger partial charge on any atom is -0.465 e. The lowest BCUT2D eigenvalue weighted by molar-refractivity contribution is -0.153. The molecule has 0 heterocycles. The number of para-hydroxylation sites is 1. The molecule has 0 bridgehead atoms. The molecule has 1 atom stereocenters. The summed E-state index contributed by atoms with van der Waals surface area (Å²) in [5, 5.41) is 2.84. The average molecular weight is 289 g/mol. The third-order valence-electron chi connectivity index (χ3n) is 3.99. The molecule has 0 aliphatic heterocycles. The Morgan fingerprint density at radius 2 is 1.86 bits per heavy atom. The SMILES string of the molecule is CCOC(=O)[C@H](C(=O)Nc1ccccc1)C1CCCCC1. The summed E-state index contributed by atoms with van der Waals surface area (Å²) >= 11 is 0. The highest BCUT2D eigenvalue weighted by Gasteiger charge is 2.36. The van der Waals surface area contributed by atoms with Gasteiger partial charge in [-0.2, -0.15) is 0 Å². The predicted octanol–water partition coefficient (Wildman–Crippen LogP) is 3.38. The monoisotopic (exact) mass is 289 g/mol. The maximum atomic E-state index is 12.5. The number of carbonyl (C=O) groups excluding carboxylic acids is 2. The summed E-state index contributed by atoms with van der Waals surface area (Å²) in [6.45, 7) is 2.08. The number of nitrogens with one attached hydrogen (secondary N) is 1. The molecule has 0 unspecified atom stereocenters. The summed E-state index contributed by atoms with van der Waals surface area (Å²) < 4.78 is 5.12. The smallest absolute Gasteiger partial charge is 0.318 e. The van der Waals surface area contributed by atoms with Gasteiger partial charge >= 0.3 is 5.97 Å². The Kier molecular flexibility index (Phi) is 5.78. The van der Waals surface area contributed by atoms with E-state index in [0.717, 1.165) is 25.7 Å². The number of benzene rings is 1. The highest BCUT2D eigenvalue weighted by molar-refractivity contribution is 6.05. The Balaban J connectivity index is 2.09. The second kappa shape index (κ2) is 7.81. The molecule has 1 aromatic carbocycles. The van der Waals surface area contributed by atoms with E-state index in [4.69, 9.17) is 4.74 Å². The fourth-order valence-electron chi connectivity index (χ4n) is 2.95. The number of amides is 1. The third-order valence-corrected chi connectivity index (χ3v) is 3.99. The van der Waals surface area contributed by atoms with E-state index in [2.05, 4.69) is 5.32 Å². The van der Waals surface area contributed by atoms with Crippen molar-refractivity contribution >= 4 is 17.6 Å². The van der Waals surface area contributed by atoms with Crippen LogP contribution in [0, 0.1) is 11.8 Å². The minimum absolute atomic E-state index is 0.0986. The first-order chi connectivity index (χ1) is 10.2. The van der Waals surface area contributed by atoms with Gasteiger partial charge < -0.3 is 10.1 Å². The molecule has 4 heteroatoms. The molecule has 1 saturated carbocycles. The van der Waals surface area contributed by atoms with Gasteiger partial charge in [0.2, 0.25) is 5.91 Å². The Bertz CT molecular complexity index is 466. The van der Waals surface area contributed by atoms with Crippen molar-refractivity contribution < 1.29 is 14.3 Å². The summed E-state index contributed by atoms with van der Waals surface area (Å²) in [4.78, 5) is 24.7. The molecular formula is C17H23NO3. The van der Waals surface area contributed by atoms with Gasteiger partial charge in [0.1, 0.15) is 5.92 Å². The number of hydrogen-bond acceptors (Lipinski definition) is 3. The van der Waals surface area contributed by atoms with Crippen molar-refractivity contribution in [2.75, 3.05) is 11.9 Å². The first-order valence-corrected chi connectivity index (χ1v) is 7.75. The molecule has 1 aliphatic rings. The molecule has 0 aromatic heterocycles. The molecule has 1 amide bonds.